The third-order valence-electron chi connectivity index (χ3n) is 0.677. The molecule has 6 heteroatoms. The van der Waals surface area contributed by atoms with Crippen LogP contribution in [0.25, 0.3) is 0 Å². The molecule has 0 fully saturated rings. The lowest BCUT2D eigenvalue weighted by molar-refractivity contribution is -0.502. The molecule has 0 amide bonds. The van der Waals surface area contributed by atoms with Crippen LogP contribution in [-0.2, 0) is 0 Å². The molecule has 0 aliphatic carbocycles. The van der Waals surface area contributed by atoms with Crippen molar-refractivity contribution >= 4 is 31.9 Å². The van der Waals surface area contributed by atoms with Gasteiger partial charge in [0.15, 0.2) is 0 Å². The number of nitrogens with zero attached hydrogens (tertiary/aromatic N) is 1. The van der Waals surface area contributed by atoms with E-state index in [1.807, 2.05) is 0 Å². The zero-order chi connectivity index (χ0) is 7.44. The molecule has 0 radical (unpaired) electrons. The van der Waals surface area contributed by atoms with E-state index in [4.69, 9.17) is 5.11 Å². The molecular weight excluding hydrogens is 258 g/mol. The maximum atomic E-state index is 9.88. The van der Waals surface area contributed by atoms with Gasteiger partial charge < -0.3 is 5.11 Å². The standard InChI is InChI=1S/C3H5Br2NO3/c4-1-2(7)3(5)6(8)9/h2-3,7H,1H2. The van der Waals surface area contributed by atoms with Gasteiger partial charge in [0.05, 0.1) is 0 Å². The van der Waals surface area contributed by atoms with E-state index in [1.165, 1.54) is 0 Å². The molecule has 54 valence electrons. The third kappa shape index (κ3) is 3.12. The molecule has 2 atom stereocenters. The summed E-state index contributed by atoms with van der Waals surface area (Å²) in [4.78, 5) is 8.21. The van der Waals surface area contributed by atoms with E-state index >= 15 is 0 Å². The minimum Gasteiger partial charge on any atom is -0.384 e. The minimum absolute atomic E-state index is 0.198. The fraction of sp³-hybridized carbons (Fsp3) is 1.00. The molecule has 0 aromatic rings. The summed E-state index contributed by atoms with van der Waals surface area (Å²) in [6, 6.07) is 0. The summed E-state index contributed by atoms with van der Waals surface area (Å²) >= 11 is 5.59. The van der Waals surface area contributed by atoms with Crippen LogP contribution in [0.2, 0.25) is 0 Å². The molecule has 0 saturated heterocycles. The van der Waals surface area contributed by atoms with Crippen LogP contribution in [0.1, 0.15) is 0 Å². The molecule has 0 bridgehead atoms. The Kier molecular flexibility index (Phi) is 4.33. The molecular formula is C3H5Br2NO3. The first kappa shape index (κ1) is 9.32. The Morgan fingerprint density at radius 2 is 2.22 bits per heavy atom. The minimum atomic E-state index is -1.07. The number of alkyl halides is 2. The number of aliphatic hydroxyl groups excluding tert-OH is 1. The van der Waals surface area contributed by atoms with Crippen LogP contribution < -0.4 is 0 Å². The Morgan fingerprint density at radius 1 is 1.78 bits per heavy atom. The molecule has 0 spiro atoms. The van der Waals surface area contributed by atoms with Crippen molar-refractivity contribution < 1.29 is 10.0 Å². The maximum Gasteiger partial charge on any atom is 0.291 e. The van der Waals surface area contributed by atoms with E-state index < -0.39 is 16.0 Å². The van der Waals surface area contributed by atoms with Gasteiger partial charge in [0.1, 0.15) is 6.10 Å². The van der Waals surface area contributed by atoms with Crippen molar-refractivity contribution in [2.45, 2.75) is 11.1 Å². The van der Waals surface area contributed by atoms with Crippen LogP contribution in [0.4, 0.5) is 0 Å². The summed E-state index contributed by atoms with van der Waals surface area (Å²) in [6.45, 7) is 0. The lowest BCUT2D eigenvalue weighted by Crippen LogP contribution is -2.28. The van der Waals surface area contributed by atoms with Gasteiger partial charge in [0.2, 0.25) is 0 Å². The van der Waals surface area contributed by atoms with E-state index in [2.05, 4.69) is 31.9 Å². The normalized spacial score (nSPS) is 16.8. The Labute approximate surface area is 68.7 Å². The van der Waals surface area contributed by atoms with Gasteiger partial charge in [0, 0.05) is 10.3 Å². The predicted octanol–water partition coefficient (Wildman–Crippen LogP) is 0.740. The van der Waals surface area contributed by atoms with Gasteiger partial charge in [-0.3, -0.25) is 10.1 Å². The average Bonchev–Trinajstić information content (AvgIpc) is 1.84. The molecule has 1 N–H and O–H groups in total. The molecule has 9 heavy (non-hydrogen) atoms. The van der Waals surface area contributed by atoms with E-state index in [-0.39, 0.29) is 5.33 Å². The molecule has 0 aromatic heterocycles. The van der Waals surface area contributed by atoms with Crippen molar-refractivity contribution in [3.05, 3.63) is 10.1 Å². The van der Waals surface area contributed by atoms with Gasteiger partial charge in [-0.15, -0.1) is 0 Å². The van der Waals surface area contributed by atoms with Crippen LogP contribution in [0.15, 0.2) is 0 Å². The molecule has 4 nitrogen and oxygen atoms in total. The highest BCUT2D eigenvalue weighted by Gasteiger charge is 2.24. The molecule has 0 saturated carbocycles. The monoisotopic (exact) mass is 261 g/mol. The first-order chi connectivity index (χ1) is 4.09. The Balaban J connectivity index is 3.72. The third-order valence-corrected chi connectivity index (χ3v) is 2.28. The van der Waals surface area contributed by atoms with Gasteiger partial charge in [0.25, 0.3) is 4.95 Å². The molecule has 0 rings (SSSR count). The number of hydrogen-bond acceptors (Lipinski definition) is 3. The summed E-state index contributed by atoms with van der Waals surface area (Å²) < 4.78 is 0. The zero-order valence-corrected chi connectivity index (χ0v) is 7.50. The molecule has 0 aliphatic rings. The van der Waals surface area contributed by atoms with Crippen molar-refractivity contribution in [3.63, 3.8) is 0 Å². The number of nitro groups is 1. The van der Waals surface area contributed by atoms with E-state index in [9.17, 15) is 10.1 Å². The summed E-state index contributed by atoms with van der Waals surface area (Å²) in [6.07, 6.45) is -0.972. The van der Waals surface area contributed by atoms with Crippen molar-refractivity contribution in [1.82, 2.24) is 0 Å². The van der Waals surface area contributed by atoms with Crippen molar-refractivity contribution in [2.75, 3.05) is 5.33 Å². The maximum absolute atomic E-state index is 9.88. The lowest BCUT2D eigenvalue weighted by Gasteiger charge is -2.05. The number of hydrogen-bond donors (Lipinski definition) is 1. The lowest BCUT2D eigenvalue weighted by atomic mass is 10.4. The SMILES string of the molecule is O=[N+]([O-])C(Br)C(O)CBr. The van der Waals surface area contributed by atoms with Crippen LogP contribution in [0.5, 0.6) is 0 Å². The quantitative estimate of drug-likeness (QED) is 0.353. The smallest absolute Gasteiger partial charge is 0.291 e. The van der Waals surface area contributed by atoms with Crippen molar-refractivity contribution in [3.8, 4) is 0 Å². The van der Waals surface area contributed by atoms with Crippen molar-refractivity contribution in [1.29, 1.82) is 0 Å². The Hall–Kier alpha value is 0.320. The fourth-order valence-corrected chi connectivity index (χ4v) is 1.26. The fourth-order valence-electron chi connectivity index (χ4n) is 0.214. The first-order valence-electron chi connectivity index (χ1n) is 2.11. The molecule has 0 aliphatic heterocycles. The van der Waals surface area contributed by atoms with E-state index in [0.29, 0.717) is 0 Å². The predicted molar refractivity (Wildman–Crippen MR) is 39.5 cm³/mol. The summed E-state index contributed by atoms with van der Waals surface area (Å²) in [7, 11) is 0. The summed E-state index contributed by atoms with van der Waals surface area (Å²) in [5.74, 6) is 0. The van der Waals surface area contributed by atoms with E-state index in [1.54, 1.807) is 0 Å². The van der Waals surface area contributed by atoms with Gasteiger partial charge in [-0.25, -0.2) is 0 Å². The summed E-state index contributed by atoms with van der Waals surface area (Å²) in [5.41, 5.74) is 0. The largest absolute Gasteiger partial charge is 0.384 e. The second-order valence-electron chi connectivity index (χ2n) is 1.38. The second kappa shape index (κ2) is 4.19. The van der Waals surface area contributed by atoms with Gasteiger partial charge >= 0.3 is 0 Å². The van der Waals surface area contributed by atoms with Gasteiger partial charge in [-0.2, -0.15) is 0 Å². The molecule has 2 unspecified atom stereocenters. The molecule has 0 heterocycles. The zero-order valence-electron chi connectivity index (χ0n) is 4.33. The second-order valence-corrected chi connectivity index (χ2v) is 2.97. The van der Waals surface area contributed by atoms with Crippen LogP contribution >= 0.6 is 31.9 Å². The highest BCUT2D eigenvalue weighted by molar-refractivity contribution is 9.10. The topological polar surface area (TPSA) is 63.4 Å². The molecule has 0 aromatic carbocycles. The highest BCUT2D eigenvalue weighted by atomic mass is 79.9. The Bertz CT molecular complexity index is 109. The first-order valence-corrected chi connectivity index (χ1v) is 4.15. The Morgan fingerprint density at radius 3 is 2.33 bits per heavy atom. The van der Waals surface area contributed by atoms with Crippen LogP contribution in [0.3, 0.4) is 0 Å². The van der Waals surface area contributed by atoms with Crippen molar-refractivity contribution in [2.24, 2.45) is 0 Å². The number of aliphatic hydroxyl groups is 1. The van der Waals surface area contributed by atoms with Crippen LogP contribution in [0, 0.1) is 10.1 Å². The van der Waals surface area contributed by atoms with E-state index in [0.717, 1.165) is 0 Å². The number of rotatable bonds is 3. The highest BCUT2D eigenvalue weighted by Crippen LogP contribution is 2.07. The average molecular weight is 263 g/mol. The summed E-state index contributed by atoms with van der Waals surface area (Å²) in [5, 5.41) is 18.8. The van der Waals surface area contributed by atoms with Gasteiger partial charge in [-0.05, 0) is 15.9 Å². The van der Waals surface area contributed by atoms with Gasteiger partial charge in [-0.1, -0.05) is 15.9 Å². The number of halogens is 2. The van der Waals surface area contributed by atoms with Crippen LogP contribution in [-0.4, -0.2) is 26.4 Å².